The average molecular weight is 507 g/mol. The molecular weight excluding hydrogens is 471 g/mol. The van der Waals surface area contributed by atoms with Crippen molar-refractivity contribution in [2.24, 2.45) is 4.99 Å². The Balaban J connectivity index is 0.00000576. The van der Waals surface area contributed by atoms with Gasteiger partial charge >= 0.3 is 0 Å². The monoisotopic (exact) mass is 506 g/mol. The van der Waals surface area contributed by atoms with Gasteiger partial charge in [0.2, 0.25) is 10.0 Å². The van der Waals surface area contributed by atoms with Gasteiger partial charge in [-0.2, -0.15) is 11.8 Å². The molecule has 0 bridgehead atoms. The van der Waals surface area contributed by atoms with Gasteiger partial charge in [0.1, 0.15) is 0 Å². The summed E-state index contributed by atoms with van der Waals surface area (Å²) in [6, 6.07) is 0.272. The third-order valence-corrected chi connectivity index (χ3v) is 7.48. The molecule has 1 heterocycles. The predicted octanol–water partition coefficient (Wildman–Crippen LogP) is 2.51. The lowest BCUT2D eigenvalue weighted by Crippen LogP contribution is -2.50. The molecule has 0 aromatic rings. The fourth-order valence-electron chi connectivity index (χ4n) is 2.51. The van der Waals surface area contributed by atoms with Crippen molar-refractivity contribution >= 4 is 51.7 Å². The van der Waals surface area contributed by atoms with Crippen molar-refractivity contribution in [1.82, 2.24) is 14.9 Å². The van der Waals surface area contributed by atoms with Crippen molar-refractivity contribution in [1.29, 1.82) is 0 Å². The van der Waals surface area contributed by atoms with Gasteiger partial charge in [-0.15, -0.1) is 24.0 Å². The molecule has 1 saturated heterocycles. The number of hydrogen-bond acceptors (Lipinski definition) is 4. The van der Waals surface area contributed by atoms with Crippen molar-refractivity contribution in [2.45, 2.75) is 57.7 Å². The maximum absolute atomic E-state index is 12.1. The zero-order chi connectivity index (χ0) is 18.2. The summed E-state index contributed by atoms with van der Waals surface area (Å²) >= 11 is 1.80. The Labute approximate surface area is 175 Å². The van der Waals surface area contributed by atoms with E-state index in [9.17, 15) is 8.42 Å². The minimum absolute atomic E-state index is 0. The number of halogens is 1. The summed E-state index contributed by atoms with van der Waals surface area (Å²) < 4.78 is 26.0. The van der Waals surface area contributed by atoms with Gasteiger partial charge in [-0.1, -0.05) is 6.92 Å². The summed E-state index contributed by atoms with van der Waals surface area (Å²) in [5.41, 5.74) is 0. The molecule has 1 aliphatic rings. The first-order valence-electron chi connectivity index (χ1n) is 8.82. The van der Waals surface area contributed by atoms with Gasteiger partial charge in [0.25, 0.3) is 0 Å². The molecule has 25 heavy (non-hydrogen) atoms. The second kappa shape index (κ2) is 11.9. The lowest BCUT2D eigenvalue weighted by Gasteiger charge is -2.32. The van der Waals surface area contributed by atoms with Crippen LogP contribution in [0.4, 0.5) is 0 Å². The SMILES string of the molecule is CCCS(=O)(=O)N1CCC(NC(=NCC(C)(C)SC)NCC)CC1.I. The number of piperidine rings is 1. The van der Waals surface area contributed by atoms with Gasteiger partial charge in [-0.05, 0) is 46.3 Å². The summed E-state index contributed by atoms with van der Waals surface area (Å²) in [6.45, 7) is 11.1. The van der Waals surface area contributed by atoms with Crippen LogP contribution in [0.15, 0.2) is 4.99 Å². The number of nitrogens with one attached hydrogen (secondary N) is 2. The minimum Gasteiger partial charge on any atom is -0.357 e. The van der Waals surface area contributed by atoms with Gasteiger partial charge in [0, 0.05) is 30.4 Å². The molecule has 9 heteroatoms. The second-order valence-corrected chi connectivity index (χ2v) is 10.4. The van der Waals surface area contributed by atoms with Crippen LogP contribution in [-0.4, -0.2) is 67.7 Å². The maximum Gasteiger partial charge on any atom is 0.214 e. The highest BCUT2D eigenvalue weighted by Crippen LogP contribution is 2.21. The highest BCUT2D eigenvalue weighted by molar-refractivity contribution is 14.0. The van der Waals surface area contributed by atoms with Crippen molar-refractivity contribution < 1.29 is 8.42 Å². The largest absolute Gasteiger partial charge is 0.357 e. The number of thioether (sulfide) groups is 1. The quantitative estimate of drug-likeness (QED) is 0.301. The van der Waals surface area contributed by atoms with E-state index < -0.39 is 10.0 Å². The molecule has 1 rings (SSSR count). The Morgan fingerprint density at radius 3 is 2.36 bits per heavy atom. The average Bonchev–Trinajstić information content (AvgIpc) is 2.53. The normalized spacial score (nSPS) is 17.9. The van der Waals surface area contributed by atoms with Crippen molar-refractivity contribution in [2.75, 3.05) is 38.2 Å². The topological polar surface area (TPSA) is 73.8 Å². The summed E-state index contributed by atoms with van der Waals surface area (Å²) in [7, 11) is -3.07. The fraction of sp³-hybridized carbons (Fsp3) is 0.938. The Kier molecular flexibility index (Phi) is 12.0. The van der Waals surface area contributed by atoms with E-state index in [4.69, 9.17) is 0 Å². The summed E-state index contributed by atoms with van der Waals surface area (Å²) in [4.78, 5) is 4.69. The number of nitrogens with zero attached hydrogens (tertiary/aromatic N) is 2. The van der Waals surface area contributed by atoms with Gasteiger partial charge < -0.3 is 10.6 Å². The van der Waals surface area contributed by atoms with Crippen molar-refractivity contribution in [3.05, 3.63) is 0 Å². The van der Waals surface area contributed by atoms with Crippen LogP contribution in [0.2, 0.25) is 0 Å². The van der Waals surface area contributed by atoms with Crippen molar-refractivity contribution in [3.8, 4) is 0 Å². The molecule has 1 fully saturated rings. The van der Waals surface area contributed by atoms with Crippen molar-refractivity contribution in [3.63, 3.8) is 0 Å². The molecule has 150 valence electrons. The summed E-state index contributed by atoms with van der Waals surface area (Å²) in [5, 5.41) is 6.75. The van der Waals surface area contributed by atoms with Crippen LogP contribution in [0.5, 0.6) is 0 Å². The van der Waals surface area contributed by atoms with Gasteiger partial charge in [0.15, 0.2) is 5.96 Å². The van der Waals surface area contributed by atoms with Crippen LogP contribution in [0, 0.1) is 0 Å². The molecule has 0 aliphatic carbocycles. The molecule has 0 atom stereocenters. The molecule has 0 amide bonds. The first-order valence-corrected chi connectivity index (χ1v) is 11.6. The Hall–Kier alpha value is 0.260. The Morgan fingerprint density at radius 1 is 1.28 bits per heavy atom. The van der Waals surface area contributed by atoms with Crippen LogP contribution in [0.25, 0.3) is 0 Å². The standard InChI is InChI=1S/C16H34N4O2S2.HI/c1-6-12-24(21,22)20-10-8-14(9-11-20)19-15(17-7-2)18-13-16(3,4)23-5;/h14H,6-13H2,1-5H3,(H2,17,18,19);1H. The van der Waals surface area contributed by atoms with Crippen LogP contribution < -0.4 is 10.6 Å². The first kappa shape index (κ1) is 25.3. The third-order valence-electron chi connectivity index (χ3n) is 4.16. The van der Waals surface area contributed by atoms with E-state index in [1.165, 1.54) is 0 Å². The van der Waals surface area contributed by atoms with E-state index in [1.54, 1.807) is 16.1 Å². The number of sulfonamides is 1. The van der Waals surface area contributed by atoms with Gasteiger partial charge in [0.05, 0.1) is 12.3 Å². The zero-order valence-electron chi connectivity index (χ0n) is 16.2. The summed E-state index contributed by atoms with van der Waals surface area (Å²) in [5.74, 6) is 1.08. The van der Waals surface area contributed by atoms with E-state index in [2.05, 4.69) is 42.7 Å². The molecule has 2 N–H and O–H groups in total. The van der Waals surface area contributed by atoms with E-state index in [-0.39, 0.29) is 40.5 Å². The predicted molar refractivity (Wildman–Crippen MR) is 121 cm³/mol. The molecule has 0 saturated carbocycles. The van der Waals surface area contributed by atoms with Crippen LogP contribution in [0.3, 0.4) is 0 Å². The zero-order valence-corrected chi connectivity index (χ0v) is 20.1. The Morgan fingerprint density at radius 2 is 1.88 bits per heavy atom. The van der Waals surface area contributed by atoms with Gasteiger partial charge in [-0.25, -0.2) is 12.7 Å². The molecule has 0 spiro atoms. The lowest BCUT2D eigenvalue weighted by atomic mass is 10.1. The lowest BCUT2D eigenvalue weighted by molar-refractivity contribution is 0.306. The van der Waals surface area contributed by atoms with E-state index >= 15 is 0 Å². The van der Waals surface area contributed by atoms with E-state index in [0.717, 1.165) is 31.9 Å². The van der Waals surface area contributed by atoms with Crippen LogP contribution in [0.1, 0.15) is 47.0 Å². The molecular formula is C16H35IN4O2S2. The maximum atomic E-state index is 12.1. The fourth-order valence-corrected chi connectivity index (χ4v) is 4.25. The second-order valence-electron chi connectivity index (χ2n) is 6.79. The number of rotatable bonds is 8. The van der Waals surface area contributed by atoms with Crippen LogP contribution >= 0.6 is 35.7 Å². The Bertz CT molecular complexity index is 504. The van der Waals surface area contributed by atoms with Gasteiger partial charge in [-0.3, -0.25) is 4.99 Å². The first-order chi connectivity index (χ1) is 11.2. The molecule has 0 aromatic carbocycles. The third kappa shape index (κ3) is 9.14. The highest BCUT2D eigenvalue weighted by Gasteiger charge is 2.27. The van der Waals surface area contributed by atoms with Crippen LogP contribution in [-0.2, 0) is 10.0 Å². The minimum atomic E-state index is -3.07. The smallest absolute Gasteiger partial charge is 0.214 e. The number of hydrogen-bond donors (Lipinski definition) is 2. The summed E-state index contributed by atoms with van der Waals surface area (Å²) in [6.07, 6.45) is 4.41. The number of guanidine groups is 1. The number of aliphatic imine (C=N–C) groups is 1. The molecule has 0 unspecified atom stereocenters. The van der Waals surface area contributed by atoms with E-state index in [0.29, 0.717) is 19.5 Å². The molecule has 0 aromatic heterocycles. The molecule has 6 nitrogen and oxygen atoms in total. The highest BCUT2D eigenvalue weighted by atomic mass is 127. The molecule has 1 aliphatic heterocycles. The molecule has 0 radical (unpaired) electrons. The van der Waals surface area contributed by atoms with E-state index in [1.807, 2.05) is 6.92 Å².